The van der Waals surface area contributed by atoms with E-state index >= 15 is 0 Å². The molecular formula is C18H14FNO3S. The van der Waals surface area contributed by atoms with E-state index in [-0.39, 0.29) is 12.4 Å². The number of esters is 1. The number of hydrogen-bond acceptors (Lipinski definition) is 4. The third kappa shape index (κ3) is 3.60. The molecule has 0 atom stereocenters. The molecular weight excluding hydrogens is 329 g/mol. The van der Waals surface area contributed by atoms with Gasteiger partial charge in [0.05, 0.1) is 0 Å². The fraction of sp³-hybridized carbons (Fsp3) is 0.111. The molecule has 0 aliphatic carbocycles. The summed E-state index contributed by atoms with van der Waals surface area (Å²) in [5.74, 6) is -1.38. The lowest BCUT2D eigenvalue weighted by molar-refractivity contribution is -0.119. The molecule has 0 saturated carbocycles. The van der Waals surface area contributed by atoms with Crippen molar-refractivity contribution in [2.24, 2.45) is 0 Å². The van der Waals surface area contributed by atoms with Gasteiger partial charge in [0.2, 0.25) is 0 Å². The van der Waals surface area contributed by atoms with Crippen molar-refractivity contribution in [1.82, 2.24) is 0 Å². The number of halogens is 1. The number of amides is 1. The second-order valence-corrected chi connectivity index (χ2v) is 6.32. The van der Waals surface area contributed by atoms with Gasteiger partial charge in [0.1, 0.15) is 10.7 Å². The molecule has 0 saturated heterocycles. The van der Waals surface area contributed by atoms with Gasteiger partial charge < -0.3 is 10.1 Å². The fourth-order valence-corrected chi connectivity index (χ4v) is 3.15. The largest absolute Gasteiger partial charge is 0.451 e. The van der Waals surface area contributed by atoms with Crippen LogP contribution in [0.3, 0.4) is 0 Å². The number of nitrogens with one attached hydrogen (secondary N) is 1. The van der Waals surface area contributed by atoms with Gasteiger partial charge in [-0.1, -0.05) is 18.2 Å². The summed E-state index contributed by atoms with van der Waals surface area (Å²) in [4.78, 5) is 24.3. The Labute approximate surface area is 141 Å². The van der Waals surface area contributed by atoms with Crippen molar-refractivity contribution in [3.05, 3.63) is 64.8 Å². The zero-order chi connectivity index (χ0) is 17.1. The number of anilines is 1. The first-order valence-corrected chi connectivity index (χ1v) is 8.06. The highest BCUT2D eigenvalue weighted by atomic mass is 32.1. The van der Waals surface area contributed by atoms with E-state index in [0.29, 0.717) is 16.0 Å². The number of benzene rings is 2. The third-order valence-corrected chi connectivity index (χ3v) is 4.53. The first-order chi connectivity index (χ1) is 11.5. The van der Waals surface area contributed by atoms with E-state index in [9.17, 15) is 14.0 Å². The SMILES string of the molecule is Cc1ccccc1NC(=O)COC(=O)c1cc2cc(F)ccc2s1. The van der Waals surface area contributed by atoms with E-state index in [1.165, 1.54) is 23.5 Å². The number of aryl methyl sites for hydroxylation is 1. The standard InChI is InChI=1S/C18H14FNO3S/c1-11-4-2-3-5-14(11)20-17(21)10-23-18(22)16-9-12-8-13(19)6-7-15(12)24-16/h2-9H,10H2,1H3,(H,20,21). The average molecular weight is 343 g/mol. The number of hydrogen-bond donors (Lipinski definition) is 1. The quantitative estimate of drug-likeness (QED) is 0.724. The van der Waals surface area contributed by atoms with Crippen molar-refractivity contribution < 1.29 is 18.7 Å². The van der Waals surface area contributed by atoms with E-state index in [4.69, 9.17) is 4.74 Å². The molecule has 0 fully saturated rings. The summed E-state index contributed by atoms with van der Waals surface area (Å²) in [6, 6.07) is 13.2. The molecule has 1 N–H and O–H groups in total. The molecule has 24 heavy (non-hydrogen) atoms. The molecule has 2 aromatic carbocycles. The Morgan fingerprint density at radius 1 is 1.17 bits per heavy atom. The predicted octanol–water partition coefficient (Wildman–Crippen LogP) is 4.14. The molecule has 3 aromatic rings. The molecule has 1 aromatic heterocycles. The number of carbonyl (C=O) groups excluding carboxylic acids is 2. The predicted molar refractivity (Wildman–Crippen MR) is 91.9 cm³/mol. The van der Waals surface area contributed by atoms with Crippen LogP contribution in [0.4, 0.5) is 10.1 Å². The van der Waals surface area contributed by atoms with Crippen LogP contribution in [0.5, 0.6) is 0 Å². The van der Waals surface area contributed by atoms with E-state index in [1.807, 2.05) is 25.1 Å². The topological polar surface area (TPSA) is 55.4 Å². The molecule has 1 amide bonds. The van der Waals surface area contributed by atoms with E-state index in [0.717, 1.165) is 10.3 Å². The smallest absolute Gasteiger partial charge is 0.348 e. The molecule has 0 radical (unpaired) electrons. The molecule has 0 aliphatic heterocycles. The van der Waals surface area contributed by atoms with E-state index in [2.05, 4.69) is 5.32 Å². The zero-order valence-electron chi connectivity index (χ0n) is 12.8. The Bertz CT molecular complexity index is 920. The summed E-state index contributed by atoms with van der Waals surface area (Å²) >= 11 is 1.20. The molecule has 0 bridgehead atoms. The Kier molecular flexibility index (Phi) is 4.57. The molecule has 1 heterocycles. The van der Waals surface area contributed by atoms with Crippen LogP contribution in [-0.4, -0.2) is 18.5 Å². The fourth-order valence-electron chi connectivity index (χ4n) is 2.22. The Morgan fingerprint density at radius 2 is 1.96 bits per heavy atom. The van der Waals surface area contributed by atoms with Gasteiger partial charge in [0.25, 0.3) is 5.91 Å². The van der Waals surface area contributed by atoms with Gasteiger partial charge in [-0.25, -0.2) is 9.18 Å². The van der Waals surface area contributed by atoms with Gasteiger partial charge in [-0.3, -0.25) is 4.79 Å². The van der Waals surface area contributed by atoms with Gasteiger partial charge >= 0.3 is 5.97 Å². The lowest BCUT2D eigenvalue weighted by Gasteiger charge is -2.08. The van der Waals surface area contributed by atoms with Crippen LogP contribution in [0, 0.1) is 12.7 Å². The van der Waals surface area contributed by atoms with Crippen molar-refractivity contribution in [2.75, 3.05) is 11.9 Å². The number of rotatable bonds is 4. The number of carbonyl (C=O) groups is 2. The van der Waals surface area contributed by atoms with Gasteiger partial charge in [-0.2, -0.15) is 0 Å². The highest BCUT2D eigenvalue weighted by molar-refractivity contribution is 7.20. The summed E-state index contributed by atoms with van der Waals surface area (Å²) in [7, 11) is 0. The first-order valence-electron chi connectivity index (χ1n) is 7.24. The summed E-state index contributed by atoms with van der Waals surface area (Å²) in [6.45, 7) is 1.49. The van der Waals surface area contributed by atoms with Crippen LogP contribution in [-0.2, 0) is 9.53 Å². The monoisotopic (exact) mass is 343 g/mol. The van der Waals surface area contributed by atoms with Gasteiger partial charge in [0.15, 0.2) is 6.61 Å². The molecule has 0 aliphatic rings. The molecule has 6 heteroatoms. The second-order valence-electron chi connectivity index (χ2n) is 5.23. The maximum Gasteiger partial charge on any atom is 0.348 e. The Balaban J connectivity index is 1.62. The molecule has 4 nitrogen and oxygen atoms in total. The van der Waals surface area contributed by atoms with E-state index < -0.39 is 11.9 Å². The Morgan fingerprint density at radius 3 is 2.75 bits per heavy atom. The number of thiophene rings is 1. The summed E-state index contributed by atoms with van der Waals surface area (Å²) in [6.07, 6.45) is 0. The van der Waals surface area contributed by atoms with Crippen molar-refractivity contribution >= 4 is 39.0 Å². The van der Waals surface area contributed by atoms with Crippen molar-refractivity contribution in [2.45, 2.75) is 6.92 Å². The minimum atomic E-state index is -0.600. The minimum Gasteiger partial charge on any atom is -0.451 e. The maximum atomic E-state index is 13.2. The van der Waals surface area contributed by atoms with Crippen molar-refractivity contribution in [3.63, 3.8) is 0 Å². The molecule has 122 valence electrons. The van der Waals surface area contributed by atoms with Gasteiger partial charge in [-0.05, 0) is 48.2 Å². The second kappa shape index (κ2) is 6.80. The highest BCUT2D eigenvalue weighted by Crippen LogP contribution is 2.26. The number of ether oxygens (including phenoxy) is 1. The normalized spacial score (nSPS) is 10.6. The minimum absolute atomic E-state index is 0.333. The third-order valence-electron chi connectivity index (χ3n) is 3.43. The molecule has 3 rings (SSSR count). The van der Waals surface area contributed by atoms with Crippen LogP contribution in [0.25, 0.3) is 10.1 Å². The van der Waals surface area contributed by atoms with Crippen LogP contribution in [0.15, 0.2) is 48.5 Å². The van der Waals surface area contributed by atoms with Gasteiger partial charge in [-0.15, -0.1) is 11.3 Å². The number of fused-ring (bicyclic) bond motifs is 1. The lowest BCUT2D eigenvalue weighted by atomic mass is 10.2. The van der Waals surface area contributed by atoms with Crippen molar-refractivity contribution in [3.8, 4) is 0 Å². The summed E-state index contributed by atoms with van der Waals surface area (Å²) < 4.78 is 19.0. The zero-order valence-corrected chi connectivity index (χ0v) is 13.7. The van der Waals surface area contributed by atoms with Crippen LogP contribution in [0.1, 0.15) is 15.2 Å². The van der Waals surface area contributed by atoms with Crippen LogP contribution < -0.4 is 5.32 Å². The first kappa shape index (κ1) is 16.1. The van der Waals surface area contributed by atoms with Gasteiger partial charge in [0, 0.05) is 10.4 Å². The van der Waals surface area contributed by atoms with Crippen molar-refractivity contribution in [1.29, 1.82) is 0 Å². The molecule has 0 spiro atoms. The summed E-state index contributed by atoms with van der Waals surface area (Å²) in [5.41, 5.74) is 1.60. The number of para-hydroxylation sites is 1. The Hall–Kier alpha value is -2.73. The summed E-state index contributed by atoms with van der Waals surface area (Å²) in [5, 5.41) is 3.32. The maximum absolute atomic E-state index is 13.2. The average Bonchev–Trinajstić information content (AvgIpc) is 2.98. The molecule has 0 unspecified atom stereocenters. The van der Waals surface area contributed by atoms with Crippen LogP contribution in [0.2, 0.25) is 0 Å². The lowest BCUT2D eigenvalue weighted by Crippen LogP contribution is -2.21. The van der Waals surface area contributed by atoms with E-state index in [1.54, 1.807) is 18.2 Å². The van der Waals surface area contributed by atoms with Crippen LogP contribution >= 0.6 is 11.3 Å². The highest BCUT2D eigenvalue weighted by Gasteiger charge is 2.14.